The molecule has 4 nitrogen and oxygen atoms in total. The highest BCUT2D eigenvalue weighted by Crippen LogP contribution is 2.59. The molecule has 8 heteroatoms. The van der Waals surface area contributed by atoms with Gasteiger partial charge in [-0.25, -0.2) is 19.2 Å². The zero-order valence-corrected chi connectivity index (χ0v) is 14.5. The summed E-state index contributed by atoms with van der Waals surface area (Å²) in [7, 11) is 0. The maximum Gasteiger partial charge on any atom is 0.162 e. The standard InChI is InChI=1S/C17H14ClF2N3OS/c18-13-4-2-1-3-11(13)15-17(24-15,8-23-9-21-16(25)22-23)12-6-5-10(19)7-14(12)20/h1-7,9,15-16,22,25H,8H2/t15-,16?,17-/m1/s1. The van der Waals surface area contributed by atoms with Crippen molar-refractivity contribution in [3.8, 4) is 0 Å². The van der Waals surface area contributed by atoms with E-state index in [1.54, 1.807) is 17.4 Å². The molecule has 2 aliphatic rings. The van der Waals surface area contributed by atoms with Crippen molar-refractivity contribution in [3.63, 3.8) is 0 Å². The predicted octanol–water partition coefficient (Wildman–Crippen LogP) is 3.65. The topological polar surface area (TPSA) is 40.2 Å². The number of benzene rings is 2. The van der Waals surface area contributed by atoms with Crippen LogP contribution < -0.4 is 5.43 Å². The van der Waals surface area contributed by atoms with Crippen LogP contribution in [0.5, 0.6) is 0 Å². The lowest BCUT2D eigenvalue weighted by Gasteiger charge is -2.22. The van der Waals surface area contributed by atoms with E-state index in [4.69, 9.17) is 16.3 Å². The first-order valence-electron chi connectivity index (χ1n) is 7.61. The lowest BCUT2D eigenvalue weighted by molar-refractivity contribution is 0.213. The summed E-state index contributed by atoms with van der Waals surface area (Å²) in [6, 6.07) is 10.7. The zero-order chi connectivity index (χ0) is 17.6. The molecule has 1 fully saturated rings. The van der Waals surface area contributed by atoms with Crippen molar-refractivity contribution in [1.29, 1.82) is 0 Å². The van der Waals surface area contributed by atoms with E-state index in [0.29, 0.717) is 5.02 Å². The molecule has 2 aliphatic heterocycles. The average molecular weight is 382 g/mol. The summed E-state index contributed by atoms with van der Waals surface area (Å²) in [6.07, 6.45) is 1.13. The second kappa shape index (κ2) is 6.25. The molecule has 0 aromatic heterocycles. The molecule has 25 heavy (non-hydrogen) atoms. The molecule has 130 valence electrons. The third-order valence-electron chi connectivity index (χ3n) is 4.30. The van der Waals surface area contributed by atoms with Crippen LogP contribution in [0, 0.1) is 11.6 Å². The van der Waals surface area contributed by atoms with Gasteiger partial charge in [-0.1, -0.05) is 35.9 Å². The second-order valence-electron chi connectivity index (χ2n) is 5.93. The maximum atomic E-state index is 14.5. The lowest BCUT2D eigenvalue weighted by atomic mass is 9.91. The van der Waals surface area contributed by atoms with E-state index < -0.39 is 23.3 Å². The fourth-order valence-corrected chi connectivity index (χ4v) is 3.56. The van der Waals surface area contributed by atoms with Crippen LogP contribution >= 0.6 is 24.2 Å². The Morgan fingerprint density at radius 2 is 2.08 bits per heavy atom. The highest BCUT2D eigenvalue weighted by Gasteiger charge is 2.61. The van der Waals surface area contributed by atoms with Crippen molar-refractivity contribution in [3.05, 3.63) is 70.2 Å². The van der Waals surface area contributed by atoms with Crippen LogP contribution in [-0.2, 0) is 10.3 Å². The number of rotatable bonds is 4. The smallest absolute Gasteiger partial charge is 0.162 e. The molecule has 2 aromatic carbocycles. The van der Waals surface area contributed by atoms with E-state index in [0.717, 1.165) is 11.6 Å². The highest BCUT2D eigenvalue weighted by molar-refractivity contribution is 7.80. The predicted molar refractivity (Wildman–Crippen MR) is 94.4 cm³/mol. The van der Waals surface area contributed by atoms with Crippen LogP contribution in [-0.4, -0.2) is 23.4 Å². The van der Waals surface area contributed by atoms with Gasteiger partial charge in [-0.05, 0) is 12.1 Å². The van der Waals surface area contributed by atoms with E-state index in [-0.39, 0.29) is 17.6 Å². The van der Waals surface area contributed by atoms with E-state index in [1.807, 2.05) is 18.2 Å². The van der Waals surface area contributed by atoms with Crippen molar-refractivity contribution >= 4 is 30.6 Å². The van der Waals surface area contributed by atoms with Crippen molar-refractivity contribution in [2.75, 3.05) is 6.54 Å². The first-order chi connectivity index (χ1) is 12.0. The molecule has 3 atom stereocenters. The number of hydrogen-bond donors (Lipinski definition) is 2. The Kier molecular flexibility index (Phi) is 4.19. The van der Waals surface area contributed by atoms with E-state index in [1.165, 1.54) is 12.1 Å². The Hall–Kier alpha value is -1.67. The highest BCUT2D eigenvalue weighted by atomic mass is 35.5. The molecule has 1 unspecified atom stereocenters. The van der Waals surface area contributed by atoms with Crippen molar-refractivity contribution < 1.29 is 13.5 Å². The minimum atomic E-state index is -1.00. The number of ether oxygens (including phenoxy) is 1. The summed E-state index contributed by atoms with van der Waals surface area (Å²) < 4.78 is 33.8. The molecular weight excluding hydrogens is 368 g/mol. The molecular formula is C17H14ClF2N3OS. The average Bonchev–Trinajstić information content (AvgIpc) is 3.12. The number of hydrogen-bond acceptors (Lipinski definition) is 5. The molecule has 0 spiro atoms. The Bertz CT molecular complexity index is 852. The number of nitrogens with zero attached hydrogens (tertiary/aromatic N) is 2. The second-order valence-corrected chi connectivity index (χ2v) is 6.82. The monoisotopic (exact) mass is 381 g/mol. The van der Waals surface area contributed by atoms with Gasteiger partial charge in [0.2, 0.25) is 0 Å². The van der Waals surface area contributed by atoms with Crippen molar-refractivity contribution in [2.45, 2.75) is 17.2 Å². The van der Waals surface area contributed by atoms with Gasteiger partial charge in [0.15, 0.2) is 5.50 Å². The van der Waals surface area contributed by atoms with Gasteiger partial charge in [0.1, 0.15) is 29.7 Å². The van der Waals surface area contributed by atoms with Crippen LogP contribution in [0.1, 0.15) is 17.2 Å². The summed E-state index contributed by atoms with van der Waals surface area (Å²) in [6.45, 7) is 0.270. The van der Waals surface area contributed by atoms with Crippen molar-refractivity contribution in [1.82, 2.24) is 10.4 Å². The minimum Gasteiger partial charge on any atom is -0.354 e. The van der Waals surface area contributed by atoms with Crippen molar-refractivity contribution in [2.24, 2.45) is 4.99 Å². The van der Waals surface area contributed by atoms with Gasteiger partial charge in [-0.2, -0.15) is 0 Å². The van der Waals surface area contributed by atoms with Crippen LogP contribution in [0.15, 0.2) is 47.5 Å². The van der Waals surface area contributed by atoms with Crippen LogP contribution in [0.25, 0.3) is 0 Å². The Labute approximate surface area is 153 Å². The lowest BCUT2D eigenvalue weighted by Crippen LogP contribution is -2.41. The Morgan fingerprint density at radius 1 is 1.28 bits per heavy atom. The largest absolute Gasteiger partial charge is 0.354 e. The Morgan fingerprint density at radius 3 is 2.76 bits per heavy atom. The summed E-state index contributed by atoms with van der Waals surface area (Å²) in [4.78, 5) is 4.09. The Balaban J connectivity index is 1.72. The zero-order valence-electron chi connectivity index (χ0n) is 12.9. The first-order valence-corrected chi connectivity index (χ1v) is 8.51. The quantitative estimate of drug-likeness (QED) is 0.627. The van der Waals surface area contributed by atoms with Gasteiger partial charge in [-0.3, -0.25) is 5.01 Å². The molecule has 0 radical (unpaired) electrons. The third kappa shape index (κ3) is 3.01. The number of aliphatic imine (C=N–C) groups is 1. The van der Waals surface area contributed by atoms with E-state index >= 15 is 0 Å². The van der Waals surface area contributed by atoms with Gasteiger partial charge in [0.25, 0.3) is 0 Å². The van der Waals surface area contributed by atoms with Crippen LogP contribution in [0.2, 0.25) is 5.02 Å². The molecule has 1 N–H and O–H groups in total. The normalized spacial score (nSPS) is 27.8. The molecule has 2 aromatic rings. The van der Waals surface area contributed by atoms with E-state index in [9.17, 15) is 8.78 Å². The SMILES string of the molecule is Fc1ccc([C@@]2(CN3C=NC(S)N3)O[C@@H]2c2ccccc2Cl)c(F)c1. The van der Waals surface area contributed by atoms with Crippen LogP contribution in [0.3, 0.4) is 0 Å². The van der Waals surface area contributed by atoms with Gasteiger partial charge in [0, 0.05) is 22.2 Å². The van der Waals surface area contributed by atoms with Gasteiger partial charge < -0.3 is 4.74 Å². The first kappa shape index (κ1) is 16.8. The molecule has 0 amide bonds. The summed E-state index contributed by atoms with van der Waals surface area (Å²) in [5.41, 5.74) is 2.67. The number of nitrogens with one attached hydrogen (secondary N) is 1. The third-order valence-corrected chi connectivity index (χ3v) is 4.90. The summed E-state index contributed by atoms with van der Waals surface area (Å²) in [5.74, 6) is -1.30. The summed E-state index contributed by atoms with van der Waals surface area (Å²) >= 11 is 10.5. The molecule has 2 heterocycles. The number of epoxide rings is 1. The summed E-state index contributed by atoms with van der Waals surface area (Å²) in [5, 5.41) is 2.21. The molecule has 0 saturated carbocycles. The maximum absolute atomic E-state index is 14.5. The molecule has 0 bridgehead atoms. The molecule has 4 rings (SSSR count). The minimum absolute atomic E-state index is 0.270. The molecule has 1 saturated heterocycles. The van der Waals surface area contributed by atoms with Gasteiger partial charge >= 0.3 is 0 Å². The molecule has 0 aliphatic carbocycles. The number of hydrazine groups is 1. The van der Waals surface area contributed by atoms with E-state index in [2.05, 4.69) is 23.0 Å². The number of halogens is 3. The van der Waals surface area contributed by atoms with Crippen LogP contribution in [0.4, 0.5) is 8.78 Å². The van der Waals surface area contributed by atoms with Gasteiger partial charge in [0.05, 0.1) is 6.54 Å². The van der Waals surface area contributed by atoms with Gasteiger partial charge in [-0.15, -0.1) is 12.6 Å². The fourth-order valence-electron chi connectivity index (χ4n) is 3.12. The fraction of sp³-hybridized carbons (Fsp3) is 0.235. The number of thiol groups is 1.